The second-order valence-corrected chi connectivity index (χ2v) is 11.5. The van der Waals surface area contributed by atoms with E-state index in [4.69, 9.17) is 5.11 Å². The lowest BCUT2D eigenvalue weighted by Gasteiger charge is -2.22. The number of nitrogens with one attached hydrogen (secondary N) is 1. The summed E-state index contributed by atoms with van der Waals surface area (Å²) in [5, 5.41) is 9.79. The molecule has 9 nitrogen and oxygen atoms in total. The number of carboxylic acids is 1. The topological polar surface area (TPSA) is 120 Å². The monoisotopic (exact) mass is 558 g/mol. The van der Waals surface area contributed by atoms with Crippen LogP contribution in [0, 0.1) is 0 Å². The lowest BCUT2D eigenvalue weighted by atomic mass is 10.1. The van der Waals surface area contributed by atoms with E-state index >= 15 is 0 Å². The zero-order chi connectivity index (χ0) is 28.1. The molecular formula is C30H30N4O5S. The fourth-order valence-corrected chi connectivity index (χ4v) is 6.21. The van der Waals surface area contributed by atoms with E-state index < -0.39 is 16.0 Å². The van der Waals surface area contributed by atoms with Gasteiger partial charge in [0.05, 0.1) is 11.9 Å². The number of fused-ring (bicyclic) bond motifs is 1. The van der Waals surface area contributed by atoms with Crippen LogP contribution in [-0.4, -0.2) is 66.4 Å². The summed E-state index contributed by atoms with van der Waals surface area (Å²) in [5.41, 5.74) is 3.07. The molecule has 0 radical (unpaired) electrons. The first-order valence-electron chi connectivity index (χ1n) is 13.1. The van der Waals surface area contributed by atoms with Crippen molar-refractivity contribution in [2.45, 2.75) is 24.3 Å². The number of carbonyl (C=O) groups is 2. The van der Waals surface area contributed by atoms with Gasteiger partial charge in [0.25, 0.3) is 15.9 Å². The molecule has 4 aromatic rings. The number of aromatic nitrogens is 1. The Kier molecular flexibility index (Phi) is 8.09. The van der Waals surface area contributed by atoms with Crippen molar-refractivity contribution in [1.82, 2.24) is 14.8 Å². The summed E-state index contributed by atoms with van der Waals surface area (Å²) in [4.78, 5) is 32.7. The number of hydrogen-bond donors (Lipinski definition) is 2. The average molecular weight is 559 g/mol. The zero-order valence-electron chi connectivity index (χ0n) is 21.9. The lowest BCUT2D eigenvalue weighted by Crippen LogP contribution is -2.35. The van der Waals surface area contributed by atoms with Gasteiger partial charge in [-0.25, -0.2) is 8.42 Å². The number of rotatable bonds is 8. The third-order valence-corrected chi connectivity index (χ3v) is 8.31. The minimum Gasteiger partial charge on any atom is -0.481 e. The number of nitrogens with zero attached hydrogens (tertiary/aromatic N) is 3. The van der Waals surface area contributed by atoms with Gasteiger partial charge in [0.15, 0.2) is 0 Å². The second kappa shape index (κ2) is 11.8. The average Bonchev–Trinajstić information content (AvgIpc) is 3.18. The normalized spacial score (nSPS) is 14.6. The lowest BCUT2D eigenvalue weighted by molar-refractivity contribution is -0.136. The van der Waals surface area contributed by atoms with Crippen molar-refractivity contribution in [3.8, 4) is 0 Å². The van der Waals surface area contributed by atoms with Crippen molar-refractivity contribution in [2.24, 2.45) is 0 Å². The Balaban J connectivity index is 1.21. The Morgan fingerprint density at radius 2 is 1.62 bits per heavy atom. The Labute approximate surface area is 233 Å². The molecule has 0 spiro atoms. The highest BCUT2D eigenvalue weighted by atomic mass is 32.2. The molecule has 10 heteroatoms. The summed E-state index contributed by atoms with van der Waals surface area (Å²) < 4.78 is 28.8. The van der Waals surface area contributed by atoms with Gasteiger partial charge in [0.2, 0.25) is 0 Å². The Hall–Kier alpha value is -4.28. The Morgan fingerprint density at radius 3 is 2.42 bits per heavy atom. The van der Waals surface area contributed by atoms with Gasteiger partial charge < -0.3 is 10.0 Å². The maximum atomic E-state index is 13.2. The molecule has 5 rings (SSSR count). The largest absolute Gasteiger partial charge is 0.481 e. The van der Waals surface area contributed by atoms with Gasteiger partial charge >= 0.3 is 5.97 Å². The van der Waals surface area contributed by atoms with Crippen LogP contribution in [0.2, 0.25) is 0 Å². The van der Waals surface area contributed by atoms with Gasteiger partial charge in [-0.3, -0.25) is 24.2 Å². The number of pyridine rings is 1. The predicted octanol–water partition coefficient (Wildman–Crippen LogP) is 4.01. The first-order valence-corrected chi connectivity index (χ1v) is 14.5. The van der Waals surface area contributed by atoms with Crippen LogP contribution in [0.15, 0.2) is 90.0 Å². The molecule has 40 heavy (non-hydrogen) atoms. The van der Waals surface area contributed by atoms with Crippen molar-refractivity contribution in [3.05, 3.63) is 102 Å². The number of aliphatic carboxylic acids is 1. The Bertz CT molecular complexity index is 1630. The van der Waals surface area contributed by atoms with Gasteiger partial charge in [-0.05, 0) is 53.9 Å². The summed E-state index contributed by atoms with van der Waals surface area (Å²) in [6.45, 7) is 3.41. The number of para-hydroxylation sites is 1. The SMILES string of the molecule is O=C(O)Cc1cccc(CN2CCCN(C(=O)c3ccc(NS(=O)(=O)c4cccc5cccnc45)cc3)CC2)c1. The zero-order valence-corrected chi connectivity index (χ0v) is 22.7. The van der Waals surface area contributed by atoms with Crippen LogP contribution in [0.3, 0.4) is 0 Å². The third kappa shape index (κ3) is 6.47. The van der Waals surface area contributed by atoms with Crippen molar-refractivity contribution >= 4 is 38.5 Å². The molecule has 1 amide bonds. The predicted molar refractivity (Wildman–Crippen MR) is 153 cm³/mol. The van der Waals surface area contributed by atoms with Crippen LogP contribution in [0.4, 0.5) is 5.69 Å². The summed E-state index contributed by atoms with van der Waals surface area (Å²) in [6, 6.07) is 22.7. The molecule has 0 unspecified atom stereocenters. The molecule has 1 aliphatic heterocycles. The molecule has 1 aliphatic rings. The van der Waals surface area contributed by atoms with E-state index in [1.807, 2.05) is 41.3 Å². The first kappa shape index (κ1) is 27.3. The molecule has 1 aromatic heterocycles. The van der Waals surface area contributed by atoms with Gasteiger partial charge in [-0.2, -0.15) is 0 Å². The first-order chi connectivity index (χ1) is 19.3. The molecule has 1 saturated heterocycles. The summed E-state index contributed by atoms with van der Waals surface area (Å²) >= 11 is 0. The fraction of sp³-hybridized carbons (Fsp3) is 0.233. The van der Waals surface area contributed by atoms with Crippen LogP contribution < -0.4 is 4.72 Å². The number of benzene rings is 3. The number of sulfonamides is 1. The molecule has 206 valence electrons. The smallest absolute Gasteiger partial charge is 0.307 e. The second-order valence-electron chi connectivity index (χ2n) is 9.83. The Morgan fingerprint density at radius 1 is 0.875 bits per heavy atom. The van der Waals surface area contributed by atoms with Crippen LogP contribution >= 0.6 is 0 Å². The standard InChI is InChI=1S/C30H30N4O5S/c35-28(36)20-22-5-1-6-23(19-22)21-33-15-4-16-34(18-17-33)30(37)25-10-12-26(13-11-25)32-40(38,39)27-9-2-7-24-8-3-14-31-29(24)27/h1-3,5-14,19,32H,4,15-18,20-21H2,(H,35,36). The summed E-state index contributed by atoms with van der Waals surface area (Å²) in [5.74, 6) is -0.952. The van der Waals surface area contributed by atoms with Crippen LogP contribution in [-0.2, 0) is 27.8 Å². The maximum absolute atomic E-state index is 13.2. The van der Waals surface area contributed by atoms with E-state index in [0.717, 1.165) is 29.5 Å². The fourth-order valence-electron chi connectivity index (χ4n) is 4.97. The number of carbonyl (C=O) groups excluding carboxylic acids is 1. The minimum atomic E-state index is -3.88. The van der Waals surface area contributed by atoms with E-state index in [2.05, 4.69) is 14.6 Å². The summed E-state index contributed by atoms with van der Waals surface area (Å²) in [7, 11) is -3.88. The van der Waals surface area contributed by atoms with Gasteiger partial charge in [-0.1, -0.05) is 42.5 Å². The van der Waals surface area contributed by atoms with Gasteiger partial charge in [0, 0.05) is 55.6 Å². The molecule has 1 fully saturated rings. The van der Waals surface area contributed by atoms with Crippen molar-refractivity contribution < 1.29 is 23.1 Å². The van der Waals surface area contributed by atoms with Gasteiger partial charge in [0.1, 0.15) is 4.90 Å². The number of carboxylic acid groups (broad SMARTS) is 1. The molecule has 2 heterocycles. The quantitative estimate of drug-likeness (QED) is 0.335. The molecule has 0 atom stereocenters. The number of hydrogen-bond acceptors (Lipinski definition) is 6. The van der Waals surface area contributed by atoms with E-state index in [9.17, 15) is 18.0 Å². The van der Waals surface area contributed by atoms with E-state index in [1.165, 1.54) is 6.07 Å². The maximum Gasteiger partial charge on any atom is 0.307 e. The number of anilines is 1. The molecule has 0 aliphatic carbocycles. The van der Waals surface area contributed by atoms with Crippen LogP contribution in [0.1, 0.15) is 27.9 Å². The minimum absolute atomic E-state index is 0.00324. The van der Waals surface area contributed by atoms with Crippen molar-refractivity contribution in [2.75, 3.05) is 30.9 Å². The van der Waals surface area contributed by atoms with Crippen molar-refractivity contribution in [3.63, 3.8) is 0 Å². The van der Waals surface area contributed by atoms with Crippen LogP contribution in [0.5, 0.6) is 0 Å². The molecule has 0 bridgehead atoms. The van der Waals surface area contributed by atoms with Gasteiger partial charge in [-0.15, -0.1) is 0 Å². The van der Waals surface area contributed by atoms with Crippen LogP contribution in [0.25, 0.3) is 10.9 Å². The summed E-state index contributed by atoms with van der Waals surface area (Å²) in [6.07, 6.45) is 2.37. The highest BCUT2D eigenvalue weighted by molar-refractivity contribution is 7.93. The van der Waals surface area contributed by atoms with E-state index in [-0.39, 0.29) is 17.2 Å². The highest BCUT2D eigenvalue weighted by Crippen LogP contribution is 2.24. The van der Waals surface area contributed by atoms with Crippen molar-refractivity contribution in [1.29, 1.82) is 0 Å². The number of amides is 1. The molecular weight excluding hydrogens is 528 g/mol. The highest BCUT2D eigenvalue weighted by Gasteiger charge is 2.22. The third-order valence-electron chi connectivity index (χ3n) is 6.90. The molecule has 3 aromatic carbocycles. The van der Waals surface area contributed by atoms with E-state index in [0.29, 0.717) is 42.9 Å². The molecule has 2 N–H and O–H groups in total. The van der Waals surface area contributed by atoms with E-state index in [1.54, 1.807) is 42.6 Å². The molecule has 0 saturated carbocycles.